The van der Waals surface area contributed by atoms with Crippen molar-refractivity contribution in [3.05, 3.63) is 16.1 Å². The summed E-state index contributed by atoms with van der Waals surface area (Å²) in [5, 5.41) is 6.68. The molecular weight excluding hydrogens is 232 g/mol. The molecule has 0 aromatic carbocycles. The minimum Gasteiger partial charge on any atom is -0.377 e. The predicted molar refractivity (Wildman–Crippen MR) is 73.6 cm³/mol. The lowest BCUT2D eigenvalue weighted by Crippen LogP contribution is -2.26. The third kappa shape index (κ3) is 5.15. The molecule has 1 rings (SSSR count). The summed E-state index contributed by atoms with van der Waals surface area (Å²) < 4.78 is 5.46. The van der Waals surface area contributed by atoms with Crippen molar-refractivity contribution in [2.24, 2.45) is 0 Å². The maximum absolute atomic E-state index is 5.46. The monoisotopic (exact) mass is 256 g/mol. The number of hydrogen-bond donors (Lipinski definition) is 1. The van der Waals surface area contributed by atoms with E-state index in [0.29, 0.717) is 0 Å². The lowest BCUT2D eigenvalue weighted by Gasteiger charge is -2.14. The topological polar surface area (TPSA) is 34.1 Å². The maximum atomic E-state index is 5.46. The van der Waals surface area contributed by atoms with E-state index in [2.05, 4.69) is 43.4 Å². The van der Waals surface area contributed by atoms with Gasteiger partial charge in [-0.3, -0.25) is 0 Å². The number of nitrogens with zero attached hydrogens (tertiary/aromatic N) is 1. The highest BCUT2D eigenvalue weighted by atomic mass is 32.1. The fraction of sp³-hybridized carbons (Fsp3) is 0.769. The van der Waals surface area contributed by atoms with Gasteiger partial charge in [0.25, 0.3) is 0 Å². The highest BCUT2D eigenvalue weighted by Crippen LogP contribution is 2.23. The van der Waals surface area contributed by atoms with Crippen LogP contribution in [0.5, 0.6) is 0 Å². The molecule has 0 bridgehead atoms. The molecule has 0 aliphatic rings. The van der Waals surface area contributed by atoms with E-state index in [9.17, 15) is 0 Å². The smallest absolute Gasteiger partial charge is 0.107 e. The van der Waals surface area contributed by atoms with Gasteiger partial charge in [0.05, 0.1) is 11.8 Å². The van der Waals surface area contributed by atoms with Crippen LogP contribution in [0.25, 0.3) is 0 Å². The van der Waals surface area contributed by atoms with Crippen molar-refractivity contribution in [1.82, 2.24) is 10.3 Å². The number of ether oxygens (including phenoxy) is 1. The minimum absolute atomic E-state index is 0.146. The molecule has 1 unspecified atom stereocenters. The summed E-state index contributed by atoms with van der Waals surface area (Å²) in [5.41, 5.74) is 1.32. The zero-order chi connectivity index (χ0) is 12.9. The van der Waals surface area contributed by atoms with Gasteiger partial charge < -0.3 is 10.1 Å². The Hall–Kier alpha value is -0.450. The molecule has 0 aliphatic heterocycles. The first kappa shape index (κ1) is 14.6. The summed E-state index contributed by atoms with van der Waals surface area (Å²) in [6, 6.07) is 0. The van der Waals surface area contributed by atoms with Crippen molar-refractivity contribution >= 4 is 11.3 Å². The zero-order valence-corrected chi connectivity index (χ0v) is 12.4. The fourth-order valence-electron chi connectivity index (χ4n) is 1.46. The van der Waals surface area contributed by atoms with Crippen molar-refractivity contribution in [3.63, 3.8) is 0 Å². The molecule has 1 aromatic rings. The van der Waals surface area contributed by atoms with E-state index in [-0.39, 0.29) is 11.5 Å². The molecule has 0 radical (unpaired) electrons. The Kier molecular flexibility index (Phi) is 5.56. The van der Waals surface area contributed by atoms with Gasteiger partial charge in [-0.1, -0.05) is 20.8 Å². The maximum Gasteiger partial charge on any atom is 0.107 e. The van der Waals surface area contributed by atoms with E-state index >= 15 is 0 Å². The molecule has 0 saturated heterocycles. The van der Waals surface area contributed by atoms with Gasteiger partial charge in [-0.25, -0.2) is 4.98 Å². The summed E-state index contributed by atoms with van der Waals surface area (Å²) in [7, 11) is 0. The van der Waals surface area contributed by atoms with Crippen LogP contribution in [0.15, 0.2) is 5.38 Å². The molecule has 0 fully saturated rings. The lowest BCUT2D eigenvalue weighted by molar-refractivity contribution is 0.0759. The van der Waals surface area contributed by atoms with Gasteiger partial charge >= 0.3 is 0 Å². The van der Waals surface area contributed by atoms with Gasteiger partial charge in [0.15, 0.2) is 0 Å². The molecule has 1 N–H and O–H groups in total. The van der Waals surface area contributed by atoms with Gasteiger partial charge in [-0.15, -0.1) is 11.3 Å². The van der Waals surface area contributed by atoms with Gasteiger partial charge in [0, 0.05) is 30.5 Å². The van der Waals surface area contributed by atoms with E-state index in [4.69, 9.17) is 4.74 Å². The second-order valence-electron chi connectivity index (χ2n) is 5.27. The van der Waals surface area contributed by atoms with E-state index in [1.807, 2.05) is 6.92 Å². The van der Waals surface area contributed by atoms with Gasteiger partial charge in [0.2, 0.25) is 0 Å². The molecular formula is C13H24N2OS. The SMILES string of the molecule is CCOC(C)CNCc1nc(C(C)(C)C)cs1. The van der Waals surface area contributed by atoms with Gasteiger partial charge in [0.1, 0.15) is 5.01 Å². The Morgan fingerprint density at radius 2 is 2.18 bits per heavy atom. The molecule has 98 valence electrons. The summed E-state index contributed by atoms with van der Waals surface area (Å²) >= 11 is 1.73. The third-order valence-corrected chi connectivity index (χ3v) is 3.33. The largest absolute Gasteiger partial charge is 0.377 e. The van der Waals surface area contributed by atoms with Crippen molar-refractivity contribution in [1.29, 1.82) is 0 Å². The summed E-state index contributed by atoms with van der Waals surface area (Å²) in [4.78, 5) is 4.64. The predicted octanol–water partition coefficient (Wildman–Crippen LogP) is 2.96. The Labute approximate surface area is 109 Å². The number of hydrogen-bond acceptors (Lipinski definition) is 4. The normalized spacial score (nSPS) is 13.9. The van der Waals surface area contributed by atoms with Crippen LogP contribution in [0.1, 0.15) is 45.3 Å². The van der Waals surface area contributed by atoms with Crippen LogP contribution in [0.2, 0.25) is 0 Å². The number of aromatic nitrogens is 1. The molecule has 0 amide bonds. The summed E-state index contributed by atoms with van der Waals surface area (Å²) in [5.74, 6) is 0. The quantitative estimate of drug-likeness (QED) is 0.849. The average Bonchev–Trinajstić information content (AvgIpc) is 2.66. The second-order valence-corrected chi connectivity index (χ2v) is 6.22. The third-order valence-electron chi connectivity index (χ3n) is 2.48. The molecule has 0 saturated carbocycles. The average molecular weight is 256 g/mol. The standard InChI is InChI=1S/C13H24N2OS/c1-6-16-10(2)7-14-8-12-15-11(9-17-12)13(3,4)5/h9-10,14H,6-8H2,1-5H3. The zero-order valence-electron chi connectivity index (χ0n) is 11.5. The number of thiazole rings is 1. The fourth-order valence-corrected chi connectivity index (χ4v) is 2.45. The highest BCUT2D eigenvalue weighted by Gasteiger charge is 2.17. The first-order valence-electron chi connectivity index (χ1n) is 6.20. The molecule has 1 atom stereocenters. The van der Waals surface area contributed by atoms with Crippen LogP contribution in [0.4, 0.5) is 0 Å². The van der Waals surface area contributed by atoms with Crippen LogP contribution in [-0.2, 0) is 16.7 Å². The van der Waals surface area contributed by atoms with Crippen LogP contribution < -0.4 is 5.32 Å². The molecule has 1 heterocycles. The Morgan fingerprint density at radius 1 is 1.47 bits per heavy atom. The molecule has 0 spiro atoms. The number of rotatable bonds is 6. The van der Waals surface area contributed by atoms with Crippen LogP contribution >= 0.6 is 11.3 Å². The molecule has 17 heavy (non-hydrogen) atoms. The van der Waals surface area contributed by atoms with Crippen LogP contribution in [-0.4, -0.2) is 24.2 Å². The Balaban J connectivity index is 2.35. The van der Waals surface area contributed by atoms with E-state index in [0.717, 1.165) is 24.7 Å². The minimum atomic E-state index is 0.146. The second kappa shape index (κ2) is 6.47. The molecule has 1 aromatic heterocycles. The number of nitrogens with one attached hydrogen (secondary N) is 1. The van der Waals surface area contributed by atoms with Gasteiger partial charge in [-0.2, -0.15) is 0 Å². The first-order chi connectivity index (χ1) is 7.93. The first-order valence-corrected chi connectivity index (χ1v) is 7.08. The van der Waals surface area contributed by atoms with E-state index in [1.54, 1.807) is 11.3 Å². The van der Waals surface area contributed by atoms with Crippen LogP contribution in [0.3, 0.4) is 0 Å². The molecule has 4 heteroatoms. The van der Waals surface area contributed by atoms with E-state index < -0.39 is 0 Å². The van der Waals surface area contributed by atoms with E-state index in [1.165, 1.54) is 5.69 Å². The van der Waals surface area contributed by atoms with Crippen molar-refractivity contribution in [3.8, 4) is 0 Å². The summed E-state index contributed by atoms with van der Waals surface area (Å²) in [6.45, 7) is 13.2. The molecule has 3 nitrogen and oxygen atoms in total. The highest BCUT2D eigenvalue weighted by molar-refractivity contribution is 7.09. The van der Waals surface area contributed by atoms with Crippen molar-refractivity contribution < 1.29 is 4.74 Å². The van der Waals surface area contributed by atoms with Crippen LogP contribution in [0, 0.1) is 0 Å². The molecule has 0 aliphatic carbocycles. The Morgan fingerprint density at radius 3 is 2.71 bits per heavy atom. The Bertz CT molecular complexity index is 330. The summed E-state index contributed by atoms with van der Waals surface area (Å²) in [6.07, 6.45) is 0.266. The lowest BCUT2D eigenvalue weighted by atomic mass is 9.93. The van der Waals surface area contributed by atoms with Crippen molar-refractivity contribution in [2.75, 3.05) is 13.2 Å². The van der Waals surface area contributed by atoms with Gasteiger partial charge in [-0.05, 0) is 13.8 Å². The van der Waals surface area contributed by atoms with Crippen molar-refractivity contribution in [2.45, 2.75) is 52.7 Å².